The van der Waals surface area contributed by atoms with Crippen molar-refractivity contribution in [2.45, 2.75) is 19.3 Å². The van der Waals surface area contributed by atoms with Crippen LogP contribution in [0.1, 0.15) is 11.1 Å². The zero-order chi connectivity index (χ0) is 13.5. The average Bonchev–Trinajstić information content (AvgIpc) is 2.73. The molecule has 1 aromatic carbocycles. The van der Waals surface area contributed by atoms with Crippen LogP contribution in [0.2, 0.25) is 0 Å². The zero-order valence-electron chi connectivity index (χ0n) is 9.34. The van der Waals surface area contributed by atoms with Gasteiger partial charge >= 0.3 is 12.1 Å². The number of halogens is 4. The number of alkyl halides is 3. The summed E-state index contributed by atoms with van der Waals surface area (Å²) in [6, 6.07) is 3.35. The van der Waals surface area contributed by atoms with E-state index < -0.39 is 12.1 Å². The van der Waals surface area contributed by atoms with Gasteiger partial charge in [0.25, 0.3) is 0 Å². The highest BCUT2D eigenvalue weighted by Crippen LogP contribution is 2.37. The van der Waals surface area contributed by atoms with Crippen LogP contribution in [0, 0.1) is 0 Å². The summed E-state index contributed by atoms with van der Waals surface area (Å²) in [6.45, 7) is -0.151. The summed E-state index contributed by atoms with van der Waals surface area (Å²) in [5.74, 6) is -1.33. The molecular formula is C11H9BrF3NO2. The molecule has 0 atom stereocenters. The van der Waals surface area contributed by atoms with E-state index in [0.717, 1.165) is 4.90 Å². The Bertz CT molecular complexity index is 502. The lowest BCUT2D eigenvalue weighted by Crippen LogP contribution is -2.37. The predicted octanol–water partition coefficient (Wildman–Crippen LogP) is 2.86. The minimum atomic E-state index is -4.85. The molecule has 1 amide bonds. The molecule has 0 aliphatic carbocycles. The molecule has 1 aliphatic rings. The molecule has 98 valence electrons. The highest BCUT2D eigenvalue weighted by atomic mass is 79.9. The van der Waals surface area contributed by atoms with E-state index in [4.69, 9.17) is 4.74 Å². The number of fused-ring (bicyclic) bond motifs is 1. The molecule has 0 N–H and O–H groups in total. The molecule has 0 radical (unpaired) electrons. The van der Waals surface area contributed by atoms with Crippen molar-refractivity contribution in [1.29, 1.82) is 0 Å². The highest BCUT2D eigenvalue weighted by molar-refractivity contribution is 9.10. The molecule has 1 aromatic rings. The number of ether oxygens (including phenoxy) is 1. The van der Waals surface area contributed by atoms with Gasteiger partial charge in [-0.1, -0.05) is 15.9 Å². The topological polar surface area (TPSA) is 29.5 Å². The number of carbonyl (C=O) groups excluding carboxylic acids is 1. The van der Waals surface area contributed by atoms with Crippen molar-refractivity contribution < 1.29 is 22.7 Å². The van der Waals surface area contributed by atoms with Crippen LogP contribution in [0.25, 0.3) is 0 Å². The summed E-state index contributed by atoms with van der Waals surface area (Å²) in [5, 5.41) is 0. The largest absolute Gasteiger partial charge is 0.496 e. The molecule has 0 unspecified atom stereocenters. The molecule has 7 heteroatoms. The van der Waals surface area contributed by atoms with E-state index in [1.54, 1.807) is 12.1 Å². The smallest absolute Gasteiger partial charge is 0.471 e. The van der Waals surface area contributed by atoms with E-state index >= 15 is 0 Å². The lowest BCUT2D eigenvalue weighted by Gasteiger charge is -2.17. The minimum absolute atomic E-state index is 0.0640. The van der Waals surface area contributed by atoms with Crippen LogP contribution in [0.4, 0.5) is 13.2 Å². The number of carbonyl (C=O) groups is 1. The maximum Gasteiger partial charge on any atom is 0.471 e. The van der Waals surface area contributed by atoms with Crippen molar-refractivity contribution in [2.24, 2.45) is 0 Å². The molecule has 0 spiro atoms. The number of rotatable bonds is 1. The fourth-order valence-electron chi connectivity index (χ4n) is 1.94. The number of hydrogen-bond donors (Lipinski definition) is 0. The van der Waals surface area contributed by atoms with Crippen LogP contribution in [-0.4, -0.2) is 24.1 Å². The van der Waals surface area contributed by atoms with E-state index in [1.807, 2.05) is 0 Å². The Balaban J connectivity index is 2.33. The zero-order valence-corrected chi connectivity index (χ0v) is 10.9. The molecule has 1 heterocycles. The third-order valence-electron chi connectivity index (χ3n) is 2.78. The van der Waals surface area contributed by atoms with Crippen LogP contribution in [0.15, 0.2) is 16.6 Å². The summed E-state index contributed by atoms with van der Waals surface area (Å²) in [5.41, 5.74) is 1.27. The summed E-state index contributed by atoms with van der Waals surface area (Å²) < 4.78 is 42.9. The van der Waals surface area contributed by atoms with Crippen LogP contribution in [0.3, 0.4) is 0 Å². The molecule has 1 aliphatic heterocycles. The second kappa shape index (κ2) is 4.46. The fraction of sp³-hybridized carbons (Fsp3) is 0.364. The van der Waals surface area contributed by atoms with Crippen LogP contribution >= 0.6 is 15.9 Å². The minimum Gasteiger partial charge on any atom is -0.496 e. The maximum atomic E-state index is 12.4. The Morgan fingerprint density at radius 1 is 1.33 bits per heavy atom. The van der Waals surface area contributed by atoms with E-state index in [0.29, 0.717) is 21.3 Å². The molecule has 3 nitrogen and oxygen atoms in total. The van der Waals surface area contributed by atoms with Crippen LogP contribution in [0.5, 0.6) is 5.75 Å². The van der Waals surface area contributed by atoms with Crippen molar-refractivity contribution in [3.05, 3.63) is 27.7 Å². The second-order valence-electron chi connectivity index (χ2n) is 3.87. The van der Waals surface area contributed by atoms with Crippen molar-refractivity contribution in [2.75, 3.05) is 7.11 Å². The molecule has 0 saturated carbocycles. The van der Waals surface area contributed by atoms with Gasteiger partial charge in [-0.25, -0.2) is 0 Å². The first kappa shape index (κ1) is 13.2. The molecule has 2 rings (SSSR count). The Morgan fingerprint density at radius 2 is 1.94 bits per heavy atom. The van der Waals surface area contributed by atoms with E-state index in [9.17, 15) is 18.0 Å². The van der Waals surface area contributed by atoms with E-state index in [2.05, 4.69) is 15.9 Å². The van der Waals surface area contributed by atoms with Gasteiger partial charge in [-0.15, -0.1) is 0 Å². The summed E-state index contributed by atoms with van der Waals surface area (Å²) in [4.78, 5) is 12.0. The first-order valence-corrected chi connectivity index (χ1v) is 5.84. The molecule has 0 aromatic heterocycles. The number of nitrogens with zero attached hydrogens (tertiary/aromatic N) is 1. The highest BCUT2D eigenvalue weighted by Gasteiger charge is 2.44. The monoisotopic (exact) mass is 323 g/mol. The Labute approximate surface area is 110 Å². The third kappa shape index (κ3) is 2.19. The maximum absolute atomic E-state index is 12.4. The molecule has 0 bridgehead atoms. The average molecular weight is 324 g/mol. The normalized spacial score (nSPS) is 14.6. The van der Waals surface area contributed by atoms with Gasteiger partial charge in [0.05, 0.1) is 13.7 Å². The molecule has 18 heavy (non-hydrogen) atoms. The SMILES string of the molecule is COc1ccc(Br)c2c1CN(C(=O)C(F)(F)F)C2. The Morgan fingerprint density at radius 3 is 2.50 bits per heavy atom. The van der Waals surface area contributed by atoms with Gasteiger partial charge in [0, 0.05) is 16.6 Å². The van der Waals surface area contributed by atoms with Gasteiger partial charge in [-0.3, -0.25) is 4.79 Å². The second-order valence-corrected chi connectivity index (χ2v) is 4.72. The fourth-order valence-corrected chi connectivity index (χ4v) is 2.44. The third-order valence-corrected chi connectivity index (χ3v) is 3.52. The first-order chi connectivity index (χ1) is 8.34. The number of benzene rings is 1. The van der Waals surface area contributed by atoms with E-state index in [1.165, 1.54) is 7.11 Å². The predicted molar refractivity (Wildman–Crippen MR) is 61.0 cm³/mol. The quantitative estimate of drug-likeness (QED) is 0.795. The van der Waals surface area contributed by atoms with Gasteiger partial charge in [0.1, 0.15) is 5.75 Å². The van der Waals surface area contributed by atoms with Gasteiger partial charge in [-0.2, -0.15) is 13.2 Å². The van der Waals surface area contributed by atoms with Crippen LogP contribution in [-0.2, 0) is 17.9 Å². The Kier molecular flexibility index (Phi) is 3.27. The van der Waals surface area contributed by atoms with Crippen molar-refractivity contribution in [3.63, 3.8) is 0 Å². The first-order valence-electron chi connectivity index (χ1n) is 5.05. The molecule has 0 fully saturated rings. The van der Waals surface area contributed by atoms with Gasteiger partial charge in [0.15, 0.2) is 0 Å². The number of amides is 1. The molecular weight excluding hydrogens is 315 g/mol. The van der Waals surface area contributed by atoms with Crippen LogP contribution < -0.4 is 4.74 Å². The standard InChI is InChI=1S/C11H9BrF3NO2/c1-18-9-3-2-8(12)6-4-16(5-7(6)9)10(17)11(13,14)15/h2-3H,4-5H2,1H3. The lowest BCUT2D eigenvalue weighted by atomic mass is 10.1. The number of hydrogen-bond acceptors (Lipinski definition) is 2. The van der Waals surface area contributed by atoms with Crippen molar-refractivity contribution >= 4 is 21.8 Å². The Hall–Kier alpha value is -1.24. The lowest BCUT2D eigenvalue weighted by molar-refractivity contribution is -0.186. The molecule has 0 saturated heterocycles. The van der Waals surface area contributed by atoms with Crippen molar-refractivity contribution in [3.8, 4) is 5.75 Å². The van der Waals surface area contributed by atoms with E-state index in [-0.39, 0.29) is 13.1 Å². The van der Waals surface area contributed by atoms with Gasteiger partial charge in [-0.05, 0) is 17.7 Å². The number of methoxy groups -OCH3 is 1. The summed E-state index contributed by atoms with van der Waals surface area (Å²) in [6.07, 6.45) is -4.85. The van der Waals surface area contributed by atoms with Gasteiger partial charge in [0.2, 0.25) is 0 Å². The summed E-state index contributed by atoms with van der Waals surface area (Å²) in [7, 11) is 1.44. The van der Waals surface area contributed by atoms with Crippen molar-refractivity contribution in [1.82, 2.24) is 4.90 Å². The summed E-state index contributed by atoms with van der Waals surface area (Å²) >= 11 is 3.26. The van der Waals surface area contributed by atoms with Gasteiger partial charge < -0.3 is 9.64 Å².